The summed E-state index contributed by atoms with van der Waals surface area (Å²) in [5, 5.41) is 29.5. The first-order valence-corrected chi connectivity index (χ1v) is 7.01. The Kier molecular flexibility index (Phi) is 5.37. The molecule has 2 rings (SSSR count). The molecule has 1 aromatic heterocycles. The molecule has 0 aliphatic rings. The van der Waals surface area contributed by atoms with Crippen molar-refractivity contribution < 1.29 is 4.79 Å². The summed E-state index contributed by atoms with van der Waals surface area (Å²) in [7, 11) is 0. The van der Waals surface area contributed by atoms with Crippen LogP contribution in [0.25, 0.3) is 11.4 Å². The monoisotopic (exact) mass is 309 g/mol. The number of hydrogen-bond acceptors (Lipinski definition) is 6. The predicted octanol–water partition coefficient (Wildman–Crippen LogP) is 0.914. The molecule has 0 N–H and O–H groups in total. The van der Waals surface area contributed by atoms with Gasteiger partial charge in [0.15, 0.2) is 0 Å². The van der Waals surface area contributed by atoms with E-state index in [9.17, 15) is 4.79 Å². The van der Waals surface area contributed by atoms with E-state index in [0.29, 0.717) is 5.82 Å². The lowest BCUT2D eigenvalue weighted by Gasteiger charge is -2.14. The van der Waals surface area contributed by atoms with Crippen LogP contribution in [0.1, 0.15) is 12.0 Å². The van der Waals surface area contributed by atoms with Crippen molar-refractivity contribution in [3.63, 3.8) is 0 Å². The van der Waals surface area contributed by atoms with Crippen molar-refractivity contribution in [3.8, 4) is 23.5 Å². The van der Waals surface area contributed by atoms with Gasteiger partial charge in [0.05, 0.1) is 18.7 Å². The van der Waals surface area contributed by atoms with Crippen LogP contribution in [0.3, 0.4) is 0 Å². The highest BCUT2D eigenvalue weighted by Gasteiger charge is 2.14. The molecule has 0 aliphatic carbocycles. The number of amides is 1. The third kappa shape index (κ3) is 4.11. The number of hydrogen-bond donors (Lipinski definition) is 0. The number of aryl methyl sites for hydroxylation is 2. The Morgan fingerprint density at radius 3 is 2.61 bits per heavy atom. The van der Waals surface area contributed by atoms with Gasteiger partial charge in [-0.25, -0.2) is 0 Å². The molecule has 8 heteroatoms. The van der Waals surface area contributed by atoms with Crippen LogP contribution in [0, 0.1) is 29.6 Å². The third-order valence-corrected chi connectivity index (χ3v) is 3.24. The number of carbonyl (C=O) groups excluding carboxylic acids is 1. The number of rotatable bonds is 6. The van der Waals surface area contributed by atoms with Gasteiger partial charge in [0.25, 0.3) is 0 Å². The zero-order valence-electron chi connectivity index (χ0n) is 12.7. The highest BCUT2D eigenvalue weighted by atomic mass is 16.2. The van der Waals surface area contributed by atoms with Crippen LogP contribution in [0.5, 0.6) is 0 Å². The first kappa shape index (κ1) is 16.1. The minimum absolute atomic E-state index is 0.104. The van der Waals surface area contributed by atoms with Crippen LogP contribution in [0.2, 0.25) is 0 Å². The fourth-order valence-corrected chi connectivity index (χ4v) is 2.03. The summed E-state index contributed by atoms with van der Waals surface area (Å²) in [5.74, 6) is 0.212. The third-order valence-electron chi connectivity index (χ3n) is 3.24. The molecule has 116 valence electrons. The molecule has 1 amide bonds. The Balaban J connectivity index is 2.00. The zero-order valence-corrected chi connectivity index (χ0v) is 12.7. The molecule has 2 aromatic rings. The highest BCUT2D eigenvalue weighted by molar-refractivity contribution is 5.76. The van der Waals surface area contributed by atoms with Gasteiger partial charge in [0, 0.05) is 12.0 Å². The van der Waals surface area contributed by atoms with E-state index in [1.54, 1.807) is 0 Å². The first-order valence-electron chi connectivity index (χ1n) is 7.01. The van der Waals surface area contributed by atoms with Crippen LogP contribution < -0.4 is 0 Å². The predicted molar refractivity (Wildman–Crippen MR) is 80.4 cm³/mol. The minimum Gasteiger partial charge on any atom is -0.316 e. The lowest BCUT2D eigenvalue weighted by molar-refractivity contribution is -0.130. The standard InChI is InChI=1S/C15H15N7O/c1-12-4-2-3-5-13(12)15-18-20-22(19-15)9-6-14(23)21(10-7-16)11-8-17/h2-5H,6,9-11H2,1H3. The van der Waals surface area contributed by atoms with Gasteiger partial charge >= 0.3 is 0 Å². The average molecular weight is 309 g/mol. The smallest absolute Gasteiger partial charge is 0.226 e. The lowest BCUT2D eigenvalue weighted by atomic mass is 10.1. The van der Waals surface area contributed by atoms with Gasteiger partial charge in [-0.15, -0.1) is 10.2 Å². The molecule has 0 radical (unpaired) electrons. The van der Waals surface area contributed by atoms with Gasteiger partial charge in [-0.2, -0.15) is 15.3 Å². The van der Waals surface area contributed by atoms with Gasteiger partial charge in [0.2, 0.25) is 11.7 Å². The van der Waals surface area contributed by atoms with Crippen LogP contribution >= 0.6 is 0 Å². The lowest BCUT2D eigenvalue weighted by Crippen LogP contribution is -2.32. The average Bonchev–Trinajstić information content (AvgIpc) is 3.01. The summed E-state index contributed by atoms with van der Waals surface area (Å²) >= 11 is 0. The Labute approximate surface area is 133 Å². The molecule has 0 fully saturated rings. The van der Waals surface area contributed by atoms with Crippen LogP contribution in [-0.4, -0.2) is 44.1 Å². The Bertz CT molecular complexity index is 753. The normalized spacial score (nSPS) is 9.87. The first-order chi connectivity index (χ1) is 11.2. The largest absolute Gasteiger partial charge is 0.316 e. The van der Waals surface area contributed by atoms with Crippen LogP contribution in [-0.2, 0) is 11.3 Å². The maximum Gasteiger partial charge on any atom is 0.226 e. The van der Waals surface area contributed by atoms with Crippen molar-refractivity contribution in [3.05, 3.63) is 29.8 Å². The number of carbonyl (C=O) groups is 1. The fourth-order valence-electron chi connectivity index (χ4n) is 2.03. The molecule has 0 saturated heterocycles. The molecule has 23 heavy (non-hydrogen) atoms. The van der Waals surface area contributed by atoms with E-state index in [0.717, 1.165) is 11.1 Å². The highest BCUT2D eigenvalue weighted by Crippen LogP contribution is 2.17. The van der Waals surface area contributed by atoms with E-state index in [4.69, 9.17) is 10.5 Å². The van der Waals surface area contributed by atoms with Gasteiger partial charge in [-0.3, -0.25) is 4.79 Å². The van der Waals surface area contributed by atoms with Crippen molar-refractivity contribution in [2.75, 3.05) is 13.1 Å². The summed E-state index contributed by atoms with van der Waals surface area (Å²) < 4.78 is 0. The van der Waals surface area contributed by atoms with E-state index in [1.807, 2.05) is 43.3 Å². The molecule has 0 unspecified atom stereocenters. The molecule has 1 aromatic carbocycles. The Morgan fingerprint density at radius 1 is 1.26 bits per heavy atom. The van der Waals surface area contributed by atoms with Gasteiger partial charge in [-0.1, -0.05) is 24.3 Å². The second-order valence-corrected chi connectivity index (χ2v) is 4.84. The number of tetrazole rings is 1. The summed E-state index contributed by atoms with van der Waals surface area (Å²) in [4.78, 5) is 14.5. The molecule has 8 nitrogen and oxygen atoms in total. The quantitative estimate of drug-likeness (QED) is 0.733. The Morgan fingerprint density at radius 2 is 1.96 bits per heavy atom. The van der Waals surface area contributed by atoms with E-state index in [-0.39, 0.29) is 32.0 Å². The van der Waals surface area contributed by atoms with E-state index < -0.39 is 0 Å². The topological polar surface area (TPSA) is 111 Å². The summed E-state index contributed by atoms with van der Waals surface area (Å²) in [6.07, 6.45) is 0.104. The number of aromatic nitrogens is 4. The number of nitriles is 2. The van der Waals surface area contributed by atoms with Crippen LogP contribution in [0.15, 0.2) is 24.3 Å². The summed E-state index contributed by atoms with van der Waals surface area (Å²) in [6.45, 7) is 1.99. The Hall–Kier alpha value is -3.26. The van der Waals surface area contributed by atoms with Crippen molar-refractivity contribution in [1.29, 1.82) is 10.5 Å². The number of nitrogens with zero attached hydrogens (tertiary/aromatic N) is 7. The number of benzene rings is 1. The maximum atomic E-state index is 12.0. The molecule has 0 aliphatic heterocycles. The van der Waals surface area contributed by atoms with Crippen molar-refractivity contribution in [1.82, 2.24) is 25.1 Å². The summed E-state index contributed by atoms with van der Waals surface area (Å²) in [6, 6.07) is 11.4. The molecule has 0 spiro atoms. The van der Waals surface area contributed by atoms with Crippen molar-refractivity contribution in [2.45, 2.75) is 19.9 Å². The van der Waals surface area contributed by atoms with Crippen LogP contribution in [0.4, 0.5) is 0 Å². The van der Waals surface area contributed by atoms with Gasteiger partial charge in [0.1, 0.15) is 13.1 Å². The fraction of sp³-hybridized carbons (Fsp3) is 0.333. The van der Waals surface area contributed by atoms with Gasteiger partial charge < -0.3 is 4.90 Å². The molecular formula is C15H15N7O. The molecule has 0 saturated carbocycles. The van der Waals surface area contributed by atoms with Crippen molar-refractivity contribution >= 4 is 5.91 Å². The zero-order chi connectivity index (χ0) is 16.7. The van der Waals surface area contributed by atoms with Crippen molar-refractivity contribution in [2.24, 2.45) is 0 Å². The molecular weight excluding hydrogens is 294 g/mol. The van der Waals surface area contributed by atoms with E-state index in [1.165, 1.54) is 9.70 Å². The van der Waals surface area contributed by atoms with E-state index >= 15 is 0 Å². The molecule has 1 heterocycles. The maximum absolute atomic E-state index is 12.0. The SMILES string of the molecule is Cc1ccccc1-c1nnn(CCC(=O)N(CC#N)CC#N)n1. The minimum atomic E-state index is -0.289. The second kappa shape index (κ2) is 7.66. The summed E-state index contributed by atoms with van der Waals surface area (Å²) in [5.41, 5.74) is 1.93. The molecule has 0 bridgehead atoms. The van der Waals surface area contributed by atoms with E-state index in [2.05, 4.69) is 15.4 Å². The van der Waals surface area contributed by atoms with Gasteiger partial charge in [-0.05, 0) is 17.7 Å². The second-order valence-electron chi connectivity index (χ2n) is 4.84. The molecule has 0 atom stereocenters.